The lowest BCUT2D eigenvalue weighted by atomic mass is 10.2. The fraction of sp³-hybridized carbons (Fsp3) is 0.111. The number of halogens is 4. The zero-order valence-corrected chi connectivity index (χ0v) is 9.90. The van der Waals surface area contributed by atoms with Gasteiger partial charge in [-0.3, -0.25) is 0 Å². The third-order valence-electron chi connectivity index (χ3n) is 1.86. The summed E-state index contributed by atoms with van der Waals surface area (Å²) in [5, 5.41) is 3.89. The molecular weight excluding hydrogens is 334 g/mol. The van der Waals surface area contributed by atoms with Crippen molar-refractivity contribution in [3.05, 3.63) is 39.9 Å². The number of alkyl halides is 3. The second kappa shape index (κ2) is 4.04. The Labute approximate surface area is 102 Å². The highest BCUT2D eigenvalue weighted by Gasteiger charge is 2.30. The van der Waals surface area contributed by atoms with Gasteiger partial charge in [-0.1, -0.05) is 0 Å². The molecule has 2 heterocycles. The molecule has 0 unspecified atom stereocenters. The second-order valence-electron chi connectivity index (χ2n) is 3.00. The smallest absolute Gasteiger partial charge is 0.237 e. The fourth-order valence-corrected chi connectivity index (χ4v) is 1.53. The Bertz CT molecular complexity index is 507. The van der Waals surface area contributed by atoms with Crippen LogP contribution >= 0.6 is 22.6 Å². The molecule has 0 atom stereocenters. The highest BCUT2D eigenvalue weighted by atomic mass is 127. The average molecular weight is 339 g/mol. The van der Waals surface area contributed by atoms with E-state index in [2.05, 4.69) is 10.1 Å². The quantitative estimate of drug-likeness (QED) is 0.748. The van der Waals surface area contributed by atoms with Gasteiger partial charge in [0.25, 0.3) is 0 Å². The third-order valence-corrected chi connectivity index (χ3v) is 2.42. The molecule has 0 aliphatic heterocycles. The maximum absolute atomic E-state index is 12.4. The first kappa shape index (κ1) is 11.4. The average Bonchev–Trinajstić information content (AvgIpc) is 2.64. The maximum Gasteiger partial charge on any atom is 0.416 e. The van der Waals surface area contributed by atoms with Gasteiger partial charge < -0.3 is 0 Å². The molecule has 0 spiro atoms. The lowest BCUT2D eigenvalue weighted by molar-refractivity contribution is -0.137. The molecule has 0 aliphatic rings. The summed E-state index contributed by atoms with van der Waals surface area (Å²) in [6.45, 7) is 0. The molecule has 7 heteroatoms. The molecule has 0 fully saturated rings. The van der Waals surface area contributed by atoms with Crippen molar-refractivity contribution in [2.75, 3.05) is 0 Å². The van der Waals surface area contributed by atoms with Crippen molar-refractivity contribution in [2.24, 2.45) is 0 Å². The number of aromatic nitrogens is 3. The van der Waals surface area contributed by atoms with E-state index < -0.39 is 11.7 Å². The zero-order chi connectivity index (χ0) is 11.8. The zero-order valence-electron chi connectivity index (χ0n) is 7.74. The van der Waals surface area contributed by atoms with Crippen molar-refractivity contribution in [3.8, 4) is 5.82 Å². The summed E-state index contributed by atoms with van der Waals surface area (Å²) in [6.07, 6.45) is -0.101. The van der Waals surface area contributed by atoms with Crippen molar-refractivity contribution in [1.82, 2.24) is 14.8 Å². The van der Waals surface area contributed by atoms with Gasteiger partial charge in [0.2, 0.25) is 0 Å². The van der Waals surface area contributed by atoms with E-state index in [1.807, 2.05) is 22.6 Å². The van der Waals surface area contributed by atoms with Crippen LogP contribution in [0.1, 0.15) is 5.56 Å². The van der Waals surface area contributed by atoms with Crippen LogP contribution in [0.4, 0.5) is 13.2 Å². The Balaban J connectivity index is 2.44. The lowest BCUT2D eigenvalue weighted by Gasteiger charge is -2.07. The first-order valence-electron chi connectivity index (χ1n) is 4.20. The van der Waals surface area contributed by atoms with Gasteiger partial charge >= 0.3 is 6.18 Å². The largest absolute Gasteiger partial charge is 0.416 e. The molecule has 0 saturated heterocycles. The van der Waals surface area contributed by atoms with Crippen LogP contribution in [0, 0.1) is 3.57 Å². The summed E-state index contributed by atoms with van der Waals surface area (Å²) in [4.78, 5) is 3.83. The summed E-state index contributed by atoms with van der Waals surface area (Å²) in [5.74, 6) is 0.151. The van der Waals surface area contributed by atoms with Crippen LogP contribution in [0.5, 0.6) is 0 Å². The number of hydrogen-bond donors (Lipinski definition) is 0. The van der Waals surface area contributed by atoms with Crippen LogP contribution in [0.3, 0.4) is 0 Å². The van der Waals surface area contributed by atoms with Crippen LogP contribution in [0.2, 0.25) is 0 Å². The topological polar surface area (TPSA) is 30.7 Å². The molecule has 0 amide bonds. The van der Waals surface area contributed by atoms with Crippen LogP contribution in [0.25, 0.3) is 5.82 Å². The lowest BCUT2D eigenvalue weighted by Crippen LogP contribution is -2.07. The SMILES string of the molecule is FC(F)(F)c1ccnc(-n2cc(I)cn2)c1. The minimum Gasteiger partial charge on any atom is -0.237 e. The maximum atomic E-state index is 12.4. The van der Waals surface area contributed by atoms with Gasteiger partial charge in [0.15, 0.2) is 5.82 Å². The van der Waals surface area contributed by atoms with Gasteiger partial charge in [0.05, 0.1) is 15.3 Å². The molecular formula is C9H5F3IN3. The van der Waals surface area contributed by atoms with Gasteiger partial charge in [-0.15, -0.1) is 0 Å². The first-order chi connectivity index (χ1) is 7.47. The fourth-order valence-electron chi connectivity index (χ4n) is 1.15. The molecule has 0 aromatic carbocycles. The summed E-state index contributed by atoms with van der Waals surface area (Å²) >= 11 is 2.02. The molecule has 0 N–H and O–H groups in total. The van der Waals surface area contributed by atoms with E-state index in [1.165, 1.54) is 4.68 Å². The van der Waals surface area contributed by atoms with Crippen molar-refractivity contribution >= 4 is 22.6 Å². The Morgan fingerprint density at radius 3 is 2.62 bits per heavy atom. The molecule has 0 radical (unpaired) electrons. The van der Waals surface area contributed by atoms with Crippen LogP contribution in [-0.4, -0.2) is 14.8 Å². The van der Waals surface area contributed by atoms with E-state index in [1.54, 1.807) is 12.4 Å². The van der Waals surface area contributed by atoms with Gasteiger partial charge in [-0.05, 0) is 34.7 Å². The van der Waals surface area contributed by atoms with E-state index in [0.717, 1.165) is 21.9 Å². The van der Waals surface area contributed by atoms with Gasteiger partial charge in [0, 0.05) is 12.4 Å². The summed E-state index contributed by atoms with van der Waals surface area (Å²) in [6, 6.07) is 1.89. The number of hydrogen-bond acceptors (Lipinski definition) is 2. The van der Waals surface area contributed by atoms with Crippen LogP contribution in [0.15, 0.2) is 30.7 Å². The molecule has 0 saturated carbocycles. The van der Waals surface area contributed by atoms with E-state index >= 15 is 0 Å². The van der Waals surface area contributed by atoms with E-state index in [-0.39, 0.29) is 5.82 Å². The minimum atomic E-state index is -4.36. The Morgan fingerprint density at radius 1 is 1.31 bits per heavy atom. The molecule has 0 bridgehead atoms. The van der Waals surface area contributed by atoms with Crippen molar-refractivity contribution in [2.45, 2.75) is 6.18 Å². The monoisotopic (exact) mass is 339 g/mol. The summed E-state index contributed by atoms with van der Waals surface area (Å²) in [5.41, 5.74) is -0.733. The van der Waals surface area contributed by atoms with Gasteiger partial charge in [-0.25, -0.2) is 9.67 Å². The predicted molar refractivity (Wildman–Crippen MR) is 59.1 cm³/mol. The second-order valence-corrected chi connectivity index (χ2v) is 4.25. The first-order valence-corrected chi connectivity index (χ1v) is 5.28. The molecule has 2 rings (SSSR count). The van der Waals surface area contributed by atoms with E-state index in [9.17, 15) is 13.2 Å². The summed E-state index contributed by atoms with van der Waals surface area (Å²) in [7, 11) is 0. The number of rotatable bonds is 1. The van der Waals surface area contributed by atoms with E-state index in [4.69, 9.17) is 0 Å². The Morgan fingerprint density at radius 2 is 2.06 bits per heavy atom. The Hall–Kier alpha value is -1.12. The van der Waals surface area contributed by atoms with Crippen LogP contribution in [-0.2, 0) is 6.18 Å². The van der Waals surface area contributed by atoms with Gasteiger partial charge in [0.1, 0.15) is 0 Å². The van der Waals surface area contributed by atoms with Gasteiger partial charge in [-0.2, -0.15) is 18.3 Å². The highest BCUT2D eigenvalue weighted by Crippen LogP contribution is 2.29. The molecule has 0 aliphatic carbocycles. The van der Waals surface area contributed by atoms with Crippen LogP contribution < -0.4 is 0 Å². The number of nitrogens with zero attached hydrogens (tertiary/aromatic N) is 3. The molecule has 2 aromatic rings. The minimum absolute atomic E-state index is 0.151. The summed E-state index contributed by atoms with van der Waals surface area (Å²) < 4.78 is 39.4. The predicted octanol–water partition coefficient (Wildman–Crippen LogP) is 2.89. The molecule has 16 heavy (non-hydrogen) atoms. The van der Waals surface area contributed by atoms with Crippen molar-refractivity contribution in [3.63, 3.8) is 0 Å². The molecule has 84 valence electrons. The highest BCUT2D eigenvalue weighted by molar-refractivity contribution is 14.1. The normalized spacial score (nSPS) is 11.8. The molecule has 2 aromatic heterocycles. The van der Waals surface area contributed by atoms with Crippen molar-refractivity contribution in [1.29, 1.82) is 0 Å². The standard InChI is InChI=1S/C9H5F3IN3/c10-9(11,12)6-1-2-14-8(3-6)16-5-7(13)4-15-16/h1-5H. The van der Waals surface area contributed by atoms with E-state index in [0.29, 0.717) is 0 Å². The third kappa shape index (κ3) is 2.34. The van der Waals surface area contributed by atoms with Crippen molar-refractivity contribution < 1.29 is 13.2 Å². The number of pyridine rings is 1. The molecule has 3 nitrogen and oxygen atoms in total. The Kier molecular flexibility index (Phi) is 2.87.